The van der Waals surface area contributed by atoms with E-state index in [1.807, 2.05) is 25.1 Å². The van der Waals surface area contributed by atoms with E-state index < -0.39 is 10.0 Å². The van der Waals surface area contributed by atoms with Gasteiger partial charge in [0.15, 0.2) is 0 Å². The number of carbonyl (C=O) groups excluding carboxylic acids is 1. The number of amides is 1. The highest BCUT2D eigenvalue weighted by atomic mass is 32.2. The van der Waals surface area contributed by atoms with E-state index in [2.05, 4.69) is 5.32 Å². The number of nitrogens with one attached hydrogen (secondary N) is 2. The maximum absolute atomic E-state index is 12.5. The van der Waals surface area contributed by atoms with Crippen molar-refractivity contribution in [3.05, 3.63) is 83.9 Å². The van der Waals surface area contributed by atoms with Gasteiger partial charge < -0.3 is 11.1 Å². The van der Waals surface area contributed by atoms with Crippen molar-refractivity contribution in [3.63, 3.8) is 0 Å². The van der Waals surface area contributed by atoms with Gasteiger partial charge in [0.1, 0.15) is 5.84 Å². The van der Waals surface area contributed by atoms with Crippen LogP contribution in [0.3, 0.4) is 0 Å². The Morgan fingerprint density at radius 1 is 1.03 bits per heavy atom. The highest BCUT2D eigenvalue weighted by Gasteiger charge is 2.15. The van der Waals surface area contributed by atoms with Crippen LogP contribution in [0.5, 0.6) is 0 Å². The molecule has 7 nitrogen and oxygen atoms in total. The fraction of sp³-hybridized carbons (Fsp3) is 0.130. The van der Waals surface area contributed by atoms with Crippen LogP contribution in [0.2, 0.25) is 0 Å². The topological polar surface area (TPSA) is 139 Å². The van der Waals surface area contributed by atoms with Crippen LogP contribution in [0.25, 0.3) is 11.1 Å². The van der Waals surface area contributed by atoms with E-state index in [1.54, 1.807) is 48.5 Å². The largest absolute Gasteiger partial charge is 0.384 e. The maximum atomic E-state index is 12.5. The average Bonchev–Trinajstić information content (AvgIpc) is 2.73. The monoisotopic (exact) mass is 436 g/mol. The standard InChI is InChI=1S/C23H24N4O3S/c1-15(17-5-4-6-18(14-17)23(24)25)13-22(28)27-19-11-9-16(10-12-19)20-7-2-3-8-21(20)31(26,29)30/h2-12,14-15H,13H2,1H3,(H3,24,25)(H,27,28)(H2,26,29,30). The summed E-state index contributed by atoms with van der Waals surface area (Å²) in [4.78, 5) is 12.5. The van der Waals surface area contributed by atoms with Gasteiger partial charge in [-0.3, -0.25) is 10.2 Å². The van der Waals surface area contributed by atoms with Gasteiger partial charge in [-0.15, -0.1) is 0 Å². The van der Waals surface area contributed by atoms with Crippen molar-refractivity contribution >= 4 is 27.5 Å². The van der Waals surface area contributed by atoms with Crippen molar-refractivity contribution in [3.8, 4) is 11.1 Å². The number of amidine groups is 1. The second-order valence-electron chi connectivity index (χ2n) is 7.31. The molecule has 8 heteroatoms. The van der Waals surface area contributed by atoms with E-state index in [1.165, 1.54) is 6.07 Å². The van der Waals surface area contributed by atoms with Crippen LogP contribution in [-0.4, -0.2) is 20.2 Å². The quantitative estimate of drug-likeness (QED) is 0.333. The number of nitrogen functional groups attached to an aromatic ring is 1. The summed E-state index contributed by atoms with van der Waals surface area (Å²) in [5.41, 5.74) is 8.87. The zero-order chi connectivity index (χ0) is 22.6. The molecule has 160 valence electrons. The highest BCUT2D eigenvalue weighted by Crippen LogP contribution is 2.28. The van der Waals surface area contributed by atoms with Gasteiger partial charge in [0.05, 0.1) is 4.90 Å². The summed E-state index contributed by atoms with van der Waals surface area (Å²) < 4.78 is 23.6. The predicted molar refractivity (Wildman–Crippen MR) is 122 cm³/mol. The summed E-state index contributed by atoms with van der Waals surface area (Å²) in [5.74, 6) is -0.221. The molecule has 0 aliphatic heterocycles. The van der Waals surface area contributed by atoms with Gasteiger partial charge in [-0.1, -0.05) is 55.5 Å². The molecule has 0 spiro atoms. The van der Waals surface area contributed by atoms with Gasteiger partial charge in [-0.2, -0.15) is 0 Å². The summed E-state index contributed by atoms with van der Waals surface area (Å²) >= 11 is 0. The number of anilines is 1. The second-order valence-corrected chi connectivity index (χ2v) is 8.84. The molecule has 3 aromatic rings. The first-order valence-corrected chi connectivity index (χ1v) is 11.2. The van der Waals surface area contributed by atoms with Gasteiger partial charge in [-0.25, -0.2) is 13.6 Å². The van der Waals surface area contributed by atoms with E-state index in [9.17, 15) is 13.2 Å². The molecule has 1 atom stereocenters. The van der Waals surface area contributed by atoms with E-state index >= 15 is 0 Å². The van der Waals surface area contributed by atoms with E-state index in [0.29, 0.717) is 22.4 Å². The minimum atomic E-state index is -3.85. The number of sulfonamides is 1. The predicted octanol–water partition coefficient (Wildman–Crippen LogP) is 3.42. The van der Waals surface area contributed by atoms with Crippen LogP contribution in [0.1, 0.15) is 30.4 Å². The molecule has 0 radical (unpaired) electrons. The molecule has 1 unspecified atom stereocenters. The van der Waals surface area contributed by atoms with Crippen LogP contribution in [0.4, 0.5) is 5.69 Å². The number of carbonyl (C=O) groups is 1. The molecule has 6 N–H and O–H groups in total. The van der Waals surface area contributed by atoms with E-state index in [0.717, 1.165) is 5.56 Å². The van der Waals surface area contributed by atoms with Gasteiger partial charge >= 0.3 is 0 Å². The number of hydrogen-bond acceptors (Lipinski definition) is 4. The van der Waals surface area contributed by atoms with Crippen LogP contribution >= 0.6 is 0 Å². The molecule has 0 aromatic heterocycles. The summed E-state index contributed by atoms with van der Waals surface area (Å²) in [5, 5.41) is 15.7. The lowest BCUT2D eigenvalue weighted by molar-refractivity contribution is -0.116. The smallest absolute Gasteiger partial charge is 0.238 e. The minimum absolute atomic E-state index is 0.0115. The summed E-state index contributed by atoms with van der Waals surface area (Å²) in [6, 6.07) is 20.7. The molecule has 0 saturated carbocycles. The molecule has 0 aliphatic rings. The Kier molecular flexibility index (Phi) is 6.53. The zero-order valence-corrected chi connectivity index (χ0v) is 17.8. The molecule has 3 aromatic carbocycles. The van der Waals surface area contributed by atoms with Gasteiger partial charge in [0.25, 0.3) is 0 Å². The Hall–Kier alpha value is -3.49. The third-order valence-corrected chi connectivity index (χ3v) is 5.90. The number of benzene rings is 3. The molecule has 0 saturated heterocycles. The lowest BCUT2D eigenvalue weighted by Gasteiger charge is -2.14. The van der Waals surface area contributed by atoms with Crippen molar-refractivity contribution in [2.75, 3.05) is 5.32 Å². The Bertz CT molecular complexity index is 1220. The lowest BCUT2D eigenvalue weighted by Crippen LogP contribution is -2.15. The highest BCUT2D eigenvalue weighted by molar-refractivity contribution is 7.89. The summed E-state index contributed by atoms with van der Waals surface area (Å²) in [6.07, 6.45) is 0.261. The summed E-state index contributed by atoms with van der Waals surface area (Å²) in [6.45, 7) is 1.94. The minimum Gasteiger partial charge on any atom is -0.384 e. The first kappa shape index (κ1) is 22.2. The fourth-order valence-electron chi connectivity index (χ4n) is 3.31. The Morgan fingerprint density at radius 3 is 2.35 bits per heavy atom. The Balaban J connectivity index is 1.70. The molecular formula is C23H24N4O3S. The molecule has 1 amide bonds. The number of hydrogen-bond donors (Lipinski definition) is 4. The fourth-order valence-corrected chi connectivity index (χ4v) is 4.07. The first-order valence-electron chi connectivity index (χ1n) is 9.61. The molecular weight excluding hydrogens is 412 g/mol. The molecule has 0 heterocycles. The number of rotatable bonds is 7. The normalized spacial score (nSPS) is 12.2. The molecule has 31 heavy (non-hydrogen) atoms. The van der Waals surface area contributed by atoms with E-state index in [4.69, 9.17) is 16.3 Å². The Morgan fingerprint density at radius 2 is 1.71 bits per heavy atom. The van der Waals surface area contributed by atoms with Gasteiger partial charge in [0, 0.05) is 23.2 Å². The SMILES string of the molecule is CC(CC(=O)Nc1ccc(-c2ccccc2S(N)(=O)=O)cc1)c1cccc(C(=N)N)c1. The van der Waals surface area contributed by atoms with Crippen LogP contribution in [-0.2, 0) is 14.8 Å². The third-order valence-electron chi connectivity index (χ3n) is 4.93. The third kappa shape index (κ3) is 5.56. The summed E-state index contributed by atoms with van der Waals surface area (Å²) in [7, 11) is -3.85. The van der Waals surface area contributed by atoms with Gasteiger partial charge in [-0.05, 0) is 41.3 Å². The maximum Gasteiger partial charge on any atom is 0.238 e. The molecule has 0 fully saturated rings. The van der Waals surface area contributed by atoms with Crippen LogP contribution in [0.15, 0.2) is 77.7 Å². The molecule has 0 bridgehead atoms. The number of primary sulfonamides is 1. The second kappa shape index (κ2) is 9.11. The van der Waals surface area contributed by atoms with Crippen molar-refractivity contribution in [1.29, 1.82) is 5.41 Å². The Labute approximate surface area is 181 Å². The van der Waals surface area contributed by atoms with E-state index in [-0.39, 0.29) is 29.0 Å². The molecule has 3 rings (SSSR count). The van der Waals surface area contributed by atoms with Crippen LogP contribution < -0.4 is 16.2 Å². The van der Waals surface area contributed by atoms with Crippen molar-refractivity contribution in [1.82, 2.24) is 0 Å². The molecule has 0 aliphatic carbocycles. The zero-order valence-electron chi connectivity index (χ0n) is 17.0. The van der Waals surface area contributed by atoms with Gasteiger partial charge in [0.2, 0.25) is 15.9 Å². The van der Waals surface area contributed by atoms with Crippen LogP contribution in [0, 0.1) is 5.41 Å². The number of nitrogens with two attached hydrogens (primary N) is 2. The van der Waals surface area contributed by atoms with Crippen molar-refractivity contribution in [2.45, 2.75) is 24.2 Å². The average molecular weight is 437 g/mol. The van der Waals surface area contributed by atoms with Crippen molar-refractivity contribution in [2.24, 2.45) is 10.9 Å². The lowest BCUT2D eigenvalue weighted by atomic mass is 9.95. The first-order chi connectivity index (χ1) is 14.6. The van der Waals surface area contributed by atoms with Crippen molar-refractivity contribution < 1.29 is 13.2 Å².